The highest BCUT2D eigenvalue weighted by atomic mass is 32.2. The van der Waals surface area contributed by atoms with E-state index in [9.17, 15) is 8.42 Å². The molecule has 1 aromatic carbocycles. The van der Waals surface area contributed by atoms with Gasteiger partial charge in [0.25, 0.3) is 10.1 Å². The molecule has 0 saturated heterocycles. The number of hydrogen-bond donors (Lipinski definition) is 0. The fourth-order valence-electron chi connectivity index (χ4n) is 1.52. The van der Waals surface area contributed by atoms with Crippen molar-refractivity contribution in [2.24, 2.45) is 5.16 Å². The summed E-state index contributed by atoms with van der Waals surface area (Å²) in [5.41, 5.74) is 1.03. The van der Waals surface area contributed by atoms with Gasteiger partial charge in [-0.2, -0.15) is 8.42 Å². The number of ether oxygens (including phenoxy) is 1. The van der Waals surface area contributed by atoms with Crippen LogP contribution < -0.4 is 0 Å². The molecule has 1 aliphatic heterocycles. The fraction of sp³-hybridized carbons (Fsp3) is 0.417. The third-order valence-electron chi connectivity index (χ3n) is 2.42. The Kier molecular flexibility index (Phi) is 4.39. The Labute approximate surface area is 112 Å². The van der Waals surface area contributed by atoms with E-state index in [0.717, 1.165) is 11.8 Å². The number of benzene rings is 1. The molecule has 0 bridgehead atoms. The lowest BCUT2D eigenvalue weighted by Crippen LogP contribution is -2.19. The summed E-state index contributed by atoms with van der Waals surface area (Å²) in [6.45, 7) is 0.350. The van der Waals surface area contributed by atoms with Crippen molar-refractivity contribution in [3.05, 3.63) is 35.9 Å². The van der Waals surface area contributed by atoms with Gasteiger partial charge in [-0.1, -0.05) is 35.5 Å². The molecule has 104 valence electrons. The molecule has 1 aliphatic rings. The van der Waals surface area contributed by atoms with Crippen molar-refractivity contribution in [1.82, 2.24) is 0 Å². The van der Waals surface area contributed by atoms with Crippen LogP contribution in [-0.2, 0) is 30.5 Å². The zero-order valence-corrected chi connectivity index (χ0v) is 11.3. The Morgan fingerprint density at radius 1 is 1.37 bits per heavy atom. The maximum Gasteiger partial charge on any atom is 0.264 e. The molecule has 0 fully saturated rings. The summed E-state index contributed by atoms with van der Waals surface area (Å²) in [4.78, 5) is 5.02. The maximum absolute atomic E-state index is 10.8. The average Bonchev–Trinajstić information content (AvgIpc) is 2.82. The second-order valence-electron chi connectivity index (χ2n) is 4.18. The van der Waals surface area contributed by atoms with E-state index in [2.05, 4.69) is 9.34 Å². The van der Waals surface area contributed by atoms with Crippen molar-refractivity contribution < 1.29 is 22.2 Å². The van der Waals surface area contributed by atoms with Gasteiger partial charge in [-0.15, -0.1) is 0 Å². The van der Waals surface area contributed by atoms with E-state index >= 15 is 0 Å². The number of nitrogens with zero attached hydrogens (tertiary/aromatic N) is 1. The van der Waals surface area contributed by atoms with Crippen LogP contribution in [0.1, 0.15) is 12.0 Å². The van der Waals surface area contributed by atoms with E-state index < -0.39 is 16.2 Å². The second kappa shape index (κ2) is 6.03. The van der Waals surface area contributed by atoms with Crippen LogP contribution in [0.3, 0.4) is 0 Å². The summed E-state index contributed by atoms with van der Waals surface area (Å²) in [5, 5.41) is 3.75. The molecule has 0 amide bonds. The largest absolute Gasteiger partial charge is 0.474 e. The normalized spacial score (nSPS) is 18.8. The highest BCUT2D eigenvalue weighted by molar-refractivity contribution is 7.85. The molecule has 0 N–H and O–H groups in total. The molecule has 1 atom stereocenters. The van der Waals surface area contributed by atoms with Crippen molar-refractivity contribution in [2.75, 3.05) is 12.9 Å². The van der Waals surface area contributed by atoms with Gasteiger partial charge in [-0.3, -0.25) is 4.18 Å². The van der Waals surface area contributed by atoms with Crippen molar-refractivity contribution in [2.45, 2.75) is 19.1 Å². The molecule has 1 heterocycles. The molecule has 7 heteroatoms. The summed E-state index contributed by atoms with van der Waals surface area (Å²) in [6, 6.07) is 9.67. The molecule has 0 saturated carbocycles. The fourth-order valence-corrected chi connectivity index (χ4v) is 1.92. The van der Waals surface area contributed by atoms with E-state index in [1.54, 1.807) is 0 Å². The minimum Gasteiger partial charge on any atom is -0.474 e. The van der Waals surface area contributed by atoms with Gasteiger partial charge >= 0.3 is 0 Å². The van der Waals surface area contributed by atoms with Crippen molar-refractivity contribution >= 4 is 16.0 Å². The summed E-state index contributed by atoms with van der Waals surface area (Å²) in [5.74, 6) is 0.450. The van der Waals surface area contributed by atoms with E-state index in [-0.39, 0.29) is 6.61 Å². The zero-order chi connectivity index (χ0) is 13.7. The first-order valence-electron chi connectivity index (χ1n) is 5.77. The van der Waals surface area contributed by atoms with Crippen LogP contribution in [-0.4, -0.2) is 33.3 Å². The molecule has 0 spiro atoms. The van der Waals surface area contributed by atoms with Crippen LogP contribution in [0.2, 0.25) is 0 Å². The van der Waals surface area contributed by atoms with E-state index in [0.29, 0.717) is 18.9 Å². The average molecular weight is 285 g/mol. The quantitative estimate of drug-likeness (QED) is 0.762. The summed E-state index contributed by atoms with van der Waals surface area (Å²) >= 11 is 0. The third-order valence-corrected chi connectivity index (χ3v) is 2.99. The molecule has 1 aromatic rings. The van der Waals surface area contributed by atoms with Gasteiger partial charge in [-0.25, -0.2) is 0 Å². The lowest BCUT2D eigenvalue weighted by Gasteiger charge is -2.07. The predicted molar refractivity (Wildman–Crippen MR) is 69.0 cm³/mol. The summed E-state index contributed by atoms with van der Waals surface area (Å²) < 4.78 is 31.8. The van der Waals surface area contributed by atoms with Gasteiger partial charge in [0.05, 0.1) is 12.7 Å². The Hall–Kier alpha value is -1.60. The van der Waals surface area contributed by atoms with Crippen LogP contribution >= 0.6 is 0 Å². The van der Waals surface area contributed by atoms with E-state index in [4.69, 9.17) is 9.57 Å². The number of hydrogen-bond acceptors (Lipinski definition) is 6. The van der Waals surface area contributed by atoms with Crippen LogP contribution in [0.4, 0.5) is 0 Å². The summed E-state index contributed by atoms with van der Waals surface area (Å²) in [7, 11) is -3.46. The molecule has 6 nitrogen and oxygen atoms in total. The van der Waals surface area contributed by atoms with Crippen molar-refractivity contribution in [3.8, 4) is 0 Å². The second-order valence-corrected chi connectivity index (χ2v) is 5.82. The standard InChI is InChI=1S/C12H15NO5S/c1-19(14,15)17-9-11-7-12(13-18-11)16-8-10-5-3-2-4-6-10/h2-6,11H,7-9H2,1H3. The van der Waals surface area contributed by atoms with Gasteiger partial charge < -0.3 is 9.57 Å². The van der Waals surface area contributed by atoms with Gasteiger partial charge in [0.15, 0.2) is 6.10 Å². The number of oxime groups is 1. The maximum atomic E-state index is 10.8. The molecule has 1 unspecified atom stereocenters. The number of rotatable bonds is 5. The van der Waals surface area contributed by atoms with Gasteiger partial charge in [0.1, 0.15) is 13.2 Å². The monoisotopic (exact) mass is 285 g/mol. The highest BCUT2D eigenvalue weighted by Crippen LogP contribution is 2.14. The minimum atomic E-state index is -3.46. The third kappa shape index (κ3) is 4.88. The zero-order valence-electron chi connectivity index (χ0n) is 10.5. The van der Waals surface area contributed by atoms with Crippen LogP contribution in [0.5, 0.6) is 0 Å². The first-order valence-corrected chi connectivity index (χ1v) is 7.58. The lowest BCUT2D eigenvalue weighted by molar-refractivity contribution is 0.0491. The van der Waals surface area contributed by atoms with Gasteiger partial charge in [0, 0.05) is 0 Å². The van der Waals surface area contributed by atoms with Gasteiger partial charge in [-0.05, 0) is 5.56 Å². The van der Waals surface area contributed by atoms with Crippen LogP contribution in [0, 0.1) is 0 Å². The topological polar surface area (TPSA) is 74.2 Å². The Bertz CT molecular complexity index is 540. The molecule has 0 radical (unpaired) electrons. The Morgan fingerprint density at radius 2 is 2.11 bits per heavy atom. The first-order chi connectivity index (χ1) is 9.03. The molecule has 2 rings (SSSR count). The molecule has 19 heavy (non-hydrogen) atoms. The lowest BCUT2D eigenvalue weighted by atomic mass is 10.2. The SMILES string of the molecule is CS(=O)(=O)OCC1CC(OCc2ccccc2)=NO1. The van der Waals surface area contributed by atoms with Crippen molar-refractivity contribution in [1.29, 1.82) is 0 Å². The van der Waals surface area contributed by atoms with E-state index in [1.807, 2.05) is 30.3 Å². The van der Waals surface area contributed by atoms with Gasteiger partial charge in [0.2, 0.25) is 5.90 Å². The van der Waals surface area contributed by atoms with Crippen LogP contribution in [0.15, 0.2) is 35.5 Å². The first kappa shape index (κ1) is 13.8. The Morgan fingerprint density at radius 3 is 2.79 bits per heavy atom. The van der Waals surface area contributed by atoms with Crippen molar-refractivity contribution in [3.63, 3.8) is 0 Å². The molecular weight excluding hydrogens is 270 g/mol. The summed E-state index contributed by atoms with van der Waals surface area (Å²) in [6.07, 6.45) is 0.985. The Balaban J connectivity index is 1.73. The molecular formula is C12H15NO5S. The smallest absolute Gasteiger partial charge is 0.264 e. The van der Waals surface area contributed by atoms with E-state index in [1.165, 1.54) is 0 Å². The molecule has 0 aromatic heterocycles. The van der Waals surface area contributed by atoms with Crippen LogP contribution in [0.25, 0.3) is 0 Å². The highest BCUT2D eigenvalue weighted by Gasteiger charge is 2.24. The molecule has 0 aliphatic carbocycles. The minimum absolute atomic E-state index is 0.0550. The predicted octanol–water partition coefficient (Wildman–Crippen LogP) is 1.28.